The highest BCUT2D eigenvalue weighted by Gasteiger charge is 2.44. The van der Waals surface area contributed by atoms with Gasteiger partial charge < -0.3 is 40.3 Å². The van der Waals surface area contributed by atoms with Crippen molar-refractivity contribution in [3.8, 4) is 0 Å². The highest BCUT2D eigenvalue weighted by Crippen LogP contribution is 2.23. The first-order chi connectivity index (χ1) is 34.3. The van der Waals surface area contributed by atoms with Crippen molar-refractivity contribution in [3.63, 3.8) is 0 Å². The van der Waals surface area contributed by atoms with Gasteiger partial charge in [0.1, 0.15) is 24.4 Å². The van der Waals surface area contributed by atoms with E-state index in [0.29, 0.717) is 6.42 Å². The summed E-state index contributed by atoms with van der Waals surface area (Å²) in [5.41, 5.74) is 0. The average Bonchev–Trinajstić information content (AvgIpc) is 3.36. The van der Waals surface area contributed by atoms with Gasteiger partial charge in [-0.2, -0.15) is 0 Å². The number of ether oxygens (including phenoxy) is 2. The number of carbonyl (C=O) groups is 1. The van der Waals surface area contributed by atoms with Gasteiger partial charge in [-0.15, -0.1) is 0 Å². The van der Waals surface area contributed by atoms with Crippen LogP contribution < -0.4 is 5.32 Å². The normalized spacial score (nSPS) is 19.6. The third kappa shape index (κ3) is 39.9. The van der Waals surface area contributed by atoms with Gasteiger partial charge in [0.25, 0.3) is 0 Å². The molecule has 1 heterocycles. The molecule has 0 saturated carbocycles. The number of aliphatic hydroxyl groups excluding tert-OH is 5. The van der Waals surface area contributed by atoms with E-state index in [0.717, 1.165) is 51.4 Å². The third-order valence-electron chi connectivity index (χ3n) is 14.5. The molecule has 0 aromatic carbocycles. The molecule has 0 spiro atoms. The fourth-order valence-corrected chi connectivity index (χ4v) is 9.73. The summed E-state index contributed by atoms with van der Waals surface area (Å²) >= 11 is 0. The second kappa shape index (κ2) is 50.9. The van der Waals surface area contributed by atoms with Crippen molar-refractivity contribution in [2.75, 3.05) is 13.2 Å². The summed E-state index contributed by atoms with van der Waals surface area (Å²) in [4.78, 5) is 13.0. The maximum Gasteiger partial charge on any atom is 0.220 e. The Bertz CT molecular complexity index is 1190. The molecule has 1 amide bonds. The molecule has 9 nitrogen and oxygen atoms in total. The zero-order valence-corrected chi connectivity index (χ0v) is 45.8. The van der Waals surface area contributed by atoms with E-state index in [1.54, 1.807) is 6.08 Å². The Balaban J connectivity index is 2.01. The first-order valence-electron chi connectivity index (χ1n) is 30.2. The fraction of sp³-hybridized carbons (Fsp3) is 0.885. The van der Waals surface area contributed by atoms with Crippen LogP contribution >= 0.6 is 0 Å². The van der Waals surface area contributed by atoms with Crippen LogP contribution in [0.15, 0.2) is 36.5 Å². The molecule has 1 aliphatic heterocycles. The number of nitrogens with one attached hydrogen (secondary N) is 1. The molecule has 0 aliphatic carbocycles. The number of amides is 1. The summed E-state index contributed by atoms with van der Waals surface area (Å²) in [5.74, 6) is -0.189. The number of allylic oxidation sites excluding steroid dienone is 5. The monoisotopic (exact) mass is 990 g/mol. The van der Waals surface area contributed by atoms with Crippen LogP contribution in [0.1, 0.15) is 290 Å². The van der Waals surface area contributed by atoms with Gasteiger partial charge in [0.05, 0.1) is 25.4 Å². The molecule has 1 saturated heterocycles. The molecule has 0 aromatic heterocycles. The summed E-state index contributed by atoms with van der Waals surface area (Å²) in [5, 5.41) is 54.2. The molecule has 412 valence electrons. The Morgan fingerprint density at radius 2 is 0.829 bits per heavy atom. The van der Waals surface area contributed by atoms with Gasteiger partial charge in [0.2, 0.25) is 5.91 Å². The lowest BCUT2D eigenvalue weighted by Gasteiger charge is -2.40. The minimum Gasteiger partial charge on any atom is -0.394 e. The molecule has 0 bridgehead atoms. The molecule has 9 heteroatoms. The molecule has 1 aliphatic rings. The molecule has 6 N–H and O–H groups in total. The van der Waals surface area contributed by atoms with Gasteiger partial charge in [-0.1, -0.05) is 281 Å². The van der Waals surface area contributed by atoms with Gasteiger partial charge >= 0.3 is 0 Å². The molecule has 7 atom stereocenters. The minimum atomic E-state index is -1.57. The van der Waals surface area contributed by atoms with E-state index < -0.39 is 49.5 Å². The summed E-state index contributed by atoms with van der Waals surface area (Å²) in [6.45, 7) is 3.65. The van der Waals surface area contributed by atoms with Crippen molar-refractivity contribution >= 4 is 5.91 Å². The van der Waals surface area contributed by atoms with Crippen LogP contribution in [0.3, 0.4) is 0 Å². The van der Waals surface area contributed by atoms with Crippen LogP contribution in [0.5, 0.6) is 0 Å². The van der Waals surface area contributed by atoms with E-state index >= 15 is 0 Å². The quantitative estimate of drug-likeness (QED) is 0.0261. The second-order valence-corrected chi connectivity index (χ2v) is 21.1. The maximum atomic E-state index is 13.0. The van der Waals surface area contributed by atoms with Crippen LogP contribution in [0.4, 0.5) is 0 Å². The highest BCUT2D eigenvalue weighted by atomic mass is 16.7. The topological polar surface area (TPSA) is 149 Å². The van der Waals surface area contributed by atoms with Gasteiger partial charge in [-0.25, -0.2) is 0 Å². The Kier molecular flexibility index (Phi) is 48.3. The van der Waals surface area contributed by atoms with Gasteiger partial charge in [0.15, 0.2) is 6.29 Å². The van der Waals surface area contributed by atoms with E-state index in [2.05, 4.69) is 43.5 Å². The van der Waals surface area contributed by atoms with Crippen LogP contribution in [-0.4, -0.2) is 87.5 Å². The molecular weight excluding hydrogens is 875 g/mol. The lowest BCUT2D eigenvalue weighted by molar-refractivity contribution is -0.302. The Labute approximate surface area is 431 Å². The Morgan fingerprint density at radius 3 is 1.19 bits per heavy atom. The summed E-state index contributed by atoms with van der Waals surface area (Å²) < 4.78 is 11.2. The largest absolute Gasteiger partial charge is 0.394 e. The molecule has 70 heavy (non-hydrogen) atoms. The van der Waals surface area contributed by atoms with Crippen molar-refractivity contribution in [3.05, 3.63) is 36.5 Å². The van der Waals surface area contributed by atoms with Crippen molar-refractivity contribution in [2.45, 2.75) is 333 Å². The Hall–Kier alpha value is -1.59. The summed E-state index contributed by atoms with van der Waals surface area (Å²) in [7, 11) is 0. The third-order valence-corrected chi connectivity index (χ3v) is 14.5. The van der Waals surface area contributed by atoms with Crippen molar-refractivity contribution in [1.29, 1.82) is 0 Å². The standard InChI is InChI=1S/C61H115NO8/c1-3-5-7-9-11-13-15-16-17-18-19-20-21-22-23-24-25-26-27-28-29-30-31-32-33-34-35-36-37-38-39-40-41-43-45-47-49-51-57(65)62-54(53-69-61-60(68)59(67)58(66)56(52-63)70-61)55(64)50-48-46-44-42-14-12-10-8-6-4-2/h6,8,14,42,48,50,54-56,58-61,63-64,66-68H,3-5,7,9-13,15-41,43-47,49,51-53H2,1-2H3,(H,62,65)/b8-6+,42-14+,50-48+. The molecular formula is C61H115NO8. The van der Waals surface area contributed by atoms with Crippen molar-refractivity contribution in [2.24, 2.45) is 0 Å². The van der Waals surface area contributed by atoms with E-state index in [9.17, 15) is 30.3 Å². The lowest BCUT2D eigenvalue weighted by atomic mass is 9.99. The predicted octanol–water partition coefficient (Wildman–Crippen LogP) is 15.1. The van der Waals surface area contributed by atoms with E-state index in [4.69, 9.17) is 9.47 Å². The summed E-state index contributed by atoms with van der Waals surface area (Å²) in [6.07, 6.45) is 60.0. The van der Waals surface area contributed by atoms with E-state index in [1.165, 1.54) is 218 Å². The zero-order valence-electron chi connectivity index (χ0n) is 45.8. The van der Waals surface area contributed by atoms with E-state index in [1.807, 2.05) is 6.08 Å². The number of aliphatic hydroxyl groups is 5. The maximum absolute atomic E-state index is 13.0. The average molecular weight is 991 g/mol. The molecule has 0 aromatic rings. The smallest absolute Gasteiger partial charge is 0.220 e. The Morgan fingerprint density at radius 1 is 0.486 bits per heavy atom. The van der Waals surface area contributed by atoms with Crippen LogP contribution in [0.2, 0.25) is 0 Å². The minimum absolute atomic E-state index is 0.189. The van der Waals surface area contributed by atoms with Gasteiger partial charge in [0, 0.05) is 6.42 Å². The lowest BCUT2D eigenvalue weighted by Crippen LogP contribution is -2.60. The number of carbonyl (C=O) groups excluding carboxylic acids is 1. The SMILES string of the molecule is CC/C=C/CC/C=C/CC/C=C/C(O)C(COC1OC(CO)C(O)C(O)C1O)NC(=O)CCCCCCCCCCCCCCCCCCCCCCCCCCCCCCCCCCCCCCC. The predicted molar refractivity (Wildman–Crippen MR) is 295 cm³/mol. The van der Waals surface area contributed by atoms with Crippen molar-refractivity contribution in [1.82, 2.24) is 5.32 Å². The number of hydrogen-bond donors (Lipinski definition) is 6. The van der Waals surface area contributed by atoms with Crippen LogP contribution in [0, 0.1) is 0 Å². The summed E-state index contributed by atoms with van der Waals surface area (Å²) in [6, 6.07) is -0.824. The van der Waals surface area contributed by atoms with Gasteiger partial charge in [-0.3, -0.25) is 4.79 Å². The molecule has 1 fully saturated rings. The van der Waals surface area contributed by atoms with Crippen LogP contribution in [-0.2, 0) is 14.3 Å². The highest BCUT2D eigenvalue weighted by molar-refractivity contribution is 5.76. The zero-order chi connectivity index (χ0) is 50.8. The van der Waals surface area contributed by atoms with E-state index in [-0.39, 0.29) is 12.5 Å². The number of hydrogen-bond acceptors (Lipinski definition) is 8. The first kappa shape index (κ1) is 66.4. The van der Waals surface area contributed by atoms with Crippen LogP contribution in [0.25, 0.3) is 0 Å². The van der Waals surface area contributed by atoms with Crippen molar-refractivity contribution < 1.29 is 39.8 Å². The second-order valence-electron chi connectivity index (χ2n) is 21.1. The molecule has 7 unspecified atom stereocenters. The number of unbranched alkanes of at least 4 members (excludes halogenated alkanes) is 38. The van der Waals surface area contributed by atoms with Gasteiger partial charge in [-0.05, 0) is 38.5 Å². The molecule has 0 radical (unpaired) electrons. The number of rotatable bonds is 52. The fourth-order valence-electron chi connectivity index (χ4n) is 9.73. The first-order valence-corrected chi connectivity index (χ1v) is 30.2. The molecule has 1 rings (SSSR count).